The minimum Gasteiger partial charge on any atom is -0.489 e. The normalized spacial score (nSPS) is 11.0. The number of nitrogens with zero attached hydrogens (tertiary/aromatic N) is 1. The molecule has 126 valence electrons. The number of rotatable bonds is 8. The van der Waals surface area contributed by atoms with Gasteiger partial charge in [0.25, 0.3) is 0 Å². The van der Waals surface area contributed by atoms with Crippen LogP contribution in [0.3, 0.4) is 0 Å². The summed E-state index contributed by atoms with van der Waals surface area (Å²) in [6, 6.07) is 18.2. The van der Waals surface area contributed by atoms with Crippen LogP contribution in [0.15, 0.2) is 72.2 Å². The van der Waals surface area contributed by atoms with E-state index in [1.807, 2.05) is 49.4 Å². The Morgan fingerprint density at radius 2 is 1.88 bits per heavy atom. The summed E-state index contributed by atoms with van der Waals surface area (Å²) in [6.45, 7) is 8.42. The van der Waals surface area contributed by atoms with E-state index in [1.165, 1.54) is 0 Å². The van der Waals surface area contributed by atoms with Crippen molar-refractivity contribution in [3.8, 4) is 5.75 Å². The summed E-state index contributed by atoms with van der Waals surface area (Å²) in [6.07, 6.45) is 1.81. The van der Waals surface area contributed by atoms with Crippen molar-refractivity contribution in [1.82, 2.24) is 10.6 Å². The van der Waals surface area contributed by atoms with Gasteiger partial charge in [-0.05, 0) is 30.2 Å². The third-order valence-corrected chi connectivity index (χ3v) is 3.32. The largest absolute Gasteiger partial charge is 0.489 e. The Labute approximate surface area is 144 Å². The van der Waals surface area contributed by atoms with Gasteiger partial charge >= 0.3 is 0 Å². The van der Waals surface area contributed by atoms with Crippen molar-refractivity contribution in [2.75, 3.05) is 13.1 Å². The average Bonchev–Trinajstić information content (AvgIpc) is 2.63. The van der Waals surface area contributed by atoms with Crippen LogP contribution < -0.4 is 15.4 Å². The number of guanidine groups is 1. The zero-order valence-corrected chi connectivity index (χ0v) is 14.2. The maximum atomic E-state index is 5.86. The second-order valence-electron chi connectivity index (χ2n) is 5.29. The van der Waals surface area contributed by atoms with Crippen LogP contribution in [0.25, 0.3) is 0 Å². The molecule has 0 spiro atoms. The highest BCUT2D eigenvalue weighted by molar-refractivity contribution is 5.79. The fourth-order valence-electron chi connectivity index (χ4n) is 2.16. The third-order valence-electron chi connectivity index (χ3n) is 3.32. The number of hydrogen-bond acceptors (Lipinski definition) is 2. The molecule has 0 saturated heterocycles. The Balaban J connectivity index is 1.94. The van der Waals surface area contributed by atoms with Gasteiger partial charge in [0.1, 0.15) is 12.4 Å². The first-order valence-electron chi connectivity index (χ1n) is 8.20. The molecule has 0 saturated carbocycles. The summed E-state index contributed by atoms with van der Waals surface area (Å²) in [7, 11) is 0. The third kappa shape index (κ3) is 6.16. The first-order valence-corrected chi connectivity index (χ1v) is 8.20. The highest BCUT2D eigenvalue weighted by Gasteiger charge is 1.99. The second-order valence-corrected chi connectivity index (χ2v) is 5.29. The smallest absolute Gasteiger partial charge is 0.191 e. The molecule has 4 nitrogen and oxygen atoms in total. The molecule has 0 atom stereocenters. The molecular formula is C20H25N3O. The molecule has 2 rings (SSSR count). The van der Waals surface area contributed by atoms with Crippen molar-refractivity contribution < 1.29 is 4.74 Å². The molecule has 0 fully saturated rings. The summed E-state index contributed by atoms with van der Waals surface area (Å²) in [4.78, 5) is 4.57. The van der Waals surface area contributed by atoms with E-state index in [-0.39, 0.29) is 0 Å². The molecule has 2 aromatic carbocycles. The van der Waals surface area contributed by atoms with Crippen molar-refractivity contribution >= 4 is 5.96 Å². The molecule has 2 aromatic rings. The molecule has 0 unspecified atom stereocenters. The van der Waals surface area contributed by atoms with Crippen LogP contribution in [0.1, 0.15) is 18.1 Å². The summed E-state index contributed by atoms with van der Waals surface area (Å²) in [5.74, 6) is 1.64. The van der Waals surface area contributed by atoms with Crippen LogP contribution in [0.4, 0.5) is 0 Å². The molecule has 0 aliphatic heterocycles. The van der Waals surface area contributed by atoms with Crippen LogP contribution in [-0.2, 0) is 13.2 Å². The van der Waals surface area contributed by atoms with E-state index in [9.17, 15) is 0 Å². The van der Waals surface area contributed by atoms with Gasteiger partial charge in [0.2, 0.25) is 0 Å². The zero-order chi connectivity index (χ0) is 17.0. The van der Waals surface area contributed by atoms with Gasteiger partial charge < -0.3 is 15.4 Å². The molecule has 0 amide bonds. The fraction of sp³-hybridized carbons (Fsp3) is 0.250. The van der Waals surface area contributed by atoms with Crippen LogP contribution in [0.5, 0.6) is 5.75 Å². The van der Waals surface area contributed by atoms with Crippen molar-refractivity contribution in [1.29, 1.82) is 0 Å². The molecule has 0 bridgehead atoms. The van der Waals surface area contributed by atoms with Crippen molar-refractivity contribution in [3.63, 3.8) is 0 Å². The summed E-state index contributed by atoms with van der Waals surface area (Å²) in [5, 5.41) is 6.40. The number of ether oxygens (including phenoxy) is 1. The van der Waals surface area contributed by atoms with Crippen LogP contribution >= 0.6 is 0 Å². The Morgan fingerprint density at radius 1 is 1.08 bits per heavy atom. The number of nitrogens with one attached hydrogen (secondary N) is 2. The lowest BCUT2D eigenvalue weighted by Crippen LogP contribution is -2.37. The minimum absolute atomic E-state index is 0.567. The molecule has 0 aromatic heterocycles. The van der Waals surface area contributed by atoms with Gasteiger partial charge in [-0.15, -0.1) is 6.58 Å². The predicted octanol–water partition coefficient (Wildman–Crippen LogP) is 3.51. The standard InChI is InChI=1S/C20H25N3O/c1-3-13-22-20(21-4-2)23-15-18-11-8-12-19(14-18)24-16-17-9-6-5-7-10-17/h3,5-12,14H,1,4,13,15-16H2,2H3,(H2,21,22,23). The predicted molar refractivity (Wildman–Crippen MR) is 100 cm³/mol. The topological polar surface area (TPSA) is 45.7 Å². The lowest BCUT2D eigenvalue weighted by molar-refractivity contribution is 0.306. The molecule has 0 aliphatic rings. The summed E-state index contributed by atoms with van der Waals surface area (Å²) < 4.78 is 5.86. The monoisotopic (exact) mass is 323 g/mol. The van der Waals surface area contributed by atoms with Crippen molar-refractivity contribution in [2.24, 2.45) is 4.99 Å². The van der Waals surface area contributed by atoms with E-state index >= 15 is 0 Å². The Hall–Kier alpha value is -2.75. The molecule has 24 heavy (non-hydrogen) atoms. The van der Waals surface area contributed by atoms with Gasteiger partial charge in [0.05, 0.1) is 6.54 Å². The quantitative estimate of drug-likeness (QED) is 0.444. The van der Waals surface area contributed by atoms with E-state index in [0.29, 0.717) is 19.7 Å². The number of aliphatic imine (C=N–C) groups is 1. The van der Waals surface area contributed by atoms with Crippen LogP contribution in [-0.4, -0.2) is 19.0 Å². The highest BCUT2D eigenvalue weighted by Crippen LogP contribution is 2.15. The van der Waals surface area contributed by atoms with Gasteiger partial charge in [-0.2, -0.15) is 0 Å². The first-order chi connectivity index (χ1) is 11.8. The molecule has 4 heteroatoms. The Bertz CT molecular complexity index is 653. The lowest BCUT2D eigenvalue weighted by Gasteiger charge is -2.10. The van der Waals surface area contributed by atoms with Crippen molar-refractivity contribution in [3.05, 3.63) is 78.4 Å². The van der Waals surface area contributed by atoms with Crippen molar-refractivity contribution in [2.45, 2.75) is 20.1 Å². The second kappa shape index (κ2) is 10.1. The molecule has 2 N–H and O–H groups in total. The van der Waals surface area contributed by atoms with E-state index < -0.39 is 0 Å². The summed E-state index contributed by atoms with van der Waals surface area (Å²) >= 11 is 0. The summed E-state index contributed by atoms with van der Waals surface area (Å²) in [5.41, 5.74) is 2.26. The average molecular weight is 323 g/mol. The first kappa shape index (κ1) is 17.6. The minimum atomic E-state index is 0.567. The maximum absolute atomic E-state index is 5.86. The molecule has 0 aliphatic carbocycles. The SMILES string of the molecule is C=CCNC(=NCc1cccc(OCc2ccccc2)c1)NCC. The highest BCUT2D eigenvalue weighted by atomic mass is 16.5. The van der Waals surface area contributed by atoms with Gasteiger partial charge in [0, 0.05) is 13.1 Å². The van der Waals surface area contributed by atoms with E-state index in [2.05, 4.69) is 40.4 Å². The van der Waals surface area contributed by atoms with Gasteiger partial charge in [-0.1, -0.05) is 48.5 Å². The van der Waals surface area contributed by atoms with Gasteiger partial charge in [-0.25, -0.2) is 4.99 Å². The van der Waals surface area contributed by atoms with Gasteiger partial charge in [-0.3, -0.25) is 0 Å². The zero-order valence-electron chi connectivity index (χ0n) is 14.2. The van der Waals surface area contributed by atoms with Crippen LogP contribution in [0.2, 0.25) is 0 Å². The molecule has 0 heterocycles. The molecular weight excluding hydrogens is 298 g/mol. The van der Waals surface area contributed by atoms with Gasteiger partial charge in [0.15, 0.2) is 5.96 Å². The van der Waals surface area contributed by atoms with E-state index in [1.54, 1.807) is 0 Å². The van der Waals surface area contributed by atoms with Crippen LogP contribution in [0, 0.1) is 0 Å². The fourth-order valence-corrected chi connectivity index (χ4v) is 2.16. The Morgan fingerprint density at radius 3 is 2.62 bits per heavy atom. The lowest BCUT2D eigenvalue weighted by atomic mass is 10.2. The maximum Gasteiger partial charge on any atom is 0.191 e. The Kier molecular flexibility index (Phi) is 7.41. The molecule has 0 radical (unpaired) electrons. The number of benzene rings is 2. The van der Waals surface area contributed by atoms with E-state index in [0.717, 1.165) is 29.4 Å². The van der Waals surface area contributed by atoms with E-state index in [4.69, 9.17) is 4.74 Å². The number of hydrogen-bond donors (Lipinski definition) is 2.